The Morgan fingerprint density at radius 3 is 3.04 bits per heavy atom. The van der Waals surface area contributed by atoms with Gasteiger partial charge in [-0.3, -0.25) is 9.79 Å². The van der Waals surface area contributed by atoms with E-state index in [9.17, 15) is 4.79 Å². The summed E-state index contributed by atoms with van der Waals surface area (Å²) in [5, 5.41) is 3.36. The van der Waals surface area contributed by atoms with Crippen LogP contribution in [0.2, 0.25) is 0 Å². The number of carbonyl (C=O) groups excluding carboxylic acids is 1. The Balaban J connectivity index is 1.64. The van der Waals surface area contributed by atoms with E-state index in [-0.39, 0.29) is 11.9 Å². The predicted molar refractivity (Wildman–Crippen MR) is 111 cm³/mol. The lowest BCUT2D eigenvalue weighted by Crippen LogP contribution is -2.48. The van der Waals surface area contributed by atoms with Crippen LogP contribution >= 0.6 is 0 Å². The summed E-state index contributed by atoms with van der Waals surface area (Å²) in [4.78, 5) is 23.8. The number of esters is 1. The van der Waals surface area contributed by atoms with Crippen LogP contribution in [0.3, 0.4) is 0 Å². The Hall–Kier alpha value is -2.57. The molecule has 0 spiro atoms. The molecule has 3 heterocycles. The number of nitrogens with zero attached hydrogens (tertiary/aromatic N) is 4. The third-order valence-corrected chi connectivity index (χ3v) is 5.03. The summed E-state index contributed by atoms with van der Waals surface area (Å²) in [5.41, 5.74) is 3.21. The standard InChI is InChI=1S/C21H31N5O2/c1-4-22-21(26-13-7-9-17(14-26)20(27)28-5-2)23-11-10-18-15-25-12-6-8-16(3)19(25)24-18/h6,8,12,15,17H,4-5,7,9-11,13-14H2,1-3H3,(H,22,23). The van der Waals surface area contributed by atoms with Gasteiger partial charge in [0.25, 0.3) is 0 Å². The van der Waals surface area contributed by atoms with Crippen LogP contribution in [0.25, 0.3) is 5.65 Å². The van der Waals surface area contributed by atoms with Gasteiger partial charge in [0.2, 0.25) is 0 Å². The molecule has 0 saturated carbocycles. The van der Waals surface area contributed by atoms with Crippen molar-refractivity contribution in [3.8, 4) is 0 Å². The molecule has 1 aliphatic heterocycles. The summed E-state index contributed by atoms with van der Waals surface area (Å²) in [7, 11) is 0. The number of aryl methyl sites for hydroxylation is 1. The van der Waals surface area contributed by atoms with Crippen LogP contribution in [-0.2, 0) is 16.0 Å². The van der Waals surface area contributed by atoms with Crippen molar-refractivity contribution >= 4 is 17.6 Å². The average Bonchev–Trinajstić information content (AvgIpc) is 3.12. The number of likely N-dealkylation sites (tertiary alicyclic amines) is 1. The third-order valence-electron chi connectivity index (χ3n) is 5.03. The number of fused-ring (bicyclic) bond motifs is 1. The number of aliphatic imine (C=N–C) groups is 1. The van der Waals surface area contributed by atoms with E-state index in [0.717, 1.165) is 49.7 Å². The molecule has 0 aromatic carbocycles. The molecule has 152 valence electrons. The van der Waals surface area contributed by atoms with E-state index in [0.29, 0.717) is 19.7 Å². The van der Waals surface area contributed by atoms with Crippen LogP contribution in [0.5, 0.6) is 0 Å². The van der Waals surface area contributed by atoms with Crippen molar-refractivity contribution in [1.29, 1.82) is 0 Å². The zero-order valence-electron chi connectivity index (χ0n) is 17.1. The van der Waals surface area contributed by atoms with Gasteiger partial charge in [-0.25, -0.2) is 4.98 Å². The molecule has 0 radical (unpaired) electrons. The molecule has 1 saturated heterocycles. The fourth-order valence-electron chi connectivity index (χ4n) is 3.65. The van der Waals surface area contributed by atoms with Crippen LogP contribution in [0.1, 0.15) is 37.9 Å². The topological polar surface area (TPSA) is 71.2 Å². The van der Waals surface area contributed by atoms with Gasteiger partial charge in [-0.05, 0) is 45.2 Å². The fraction of sp³-hybridized carbons (Fsp3) is 0.571. The molecule has 1 aliphatic rings. The molecule has 2 aromatic rings. The molecule has 1 N–H and O–H groups in total. The number of pyridine rings is 1. The molecule has 3 rings (SSSR count). The fourth-order valence-corrected chi connectivity index (χ4v) is 3.65. The highest BCUT2D eigenvalue weighted by atomic mass is 16.5. The lowest BCUT2D eigenvalue weighted by molar-refractivity contribution is -0.149. The first-order chi connectivity index (χ1) is 13.6. The highest BCUT2D eigenvalue weighted by Gasteiger charge is 2.28. The van der Waals surface area contributed by atoms with Crippen LogP contribution in [0.4, 0.5) is 0 Å². The van der Waals surface area contributed by atoms with E-state index < -0.39 is 0 Å². The zero-order chi connectivity index (χ0) is 19.9. The number of hydrogen-bond acceptors (Lipinski definition) is 4. The van der Waals surface area contributed by atoms with Gasteiger partial charge in [-0.1, -0.05) is 6.07 Å². The van der Waals surface area contributed by atoms with Gasteiger partial charge in [0.05, 0.1) is 18.2 Å². The number of aromatic nitrogens is 2. The Morgan fingerprint density at radius 2 is 2.29 bits per heavy atom. The highest BCUT2D eigenvalue weighted by Crippen LogP contribution is 2.18. The molecular formula is C21H31N5O2. The first-order valence-corrected chi connectivity index (χ1v) is 10.3. The van der Waals surface area contributed by atoms with Crippen molar-refractivity contribution < 1.29 is 9.53 Å². The van der Waals surface area contributed by atoms with Gasteiger partial charge in [-0.15, -0.1) is 0 Å². The normalized spacial score (nSPS) is 17.8. The smallest absolute Gasteiger partial charge is 0.310 e. The maximum atomic E-state index is 12.1. The van der Waals surface area contributed by atoms with Crippen molar-refractivity contribution in [3.63, 3.8) is 0 Å². The minimum absolute atomic E-state index is 0.0704. The lowest BCUT2D eigenvalue weighted by atomic mass is 9.98. The maximum absolute atomic E-state index is 12.1. The van der Waals surface area contributed by atoms with E-state index in [2.05, 4.69) is 40.7 Å². The lowest BCUT2D eigenvalue weighted by Gasteiger charge is -2.34. The van der Waals surface area contributed by atoms with Gasteiger partial charge in [-0.2, -0.15) is 0 Å². The van der Waals surface area contributed by atoms with Gasteiger partial charge in [0.1, 0.15) is 5.65 Å². The molecule has 1 atom stereocenters. The van der Waals surface area contributed by atoms with Gasteiger partial charge < -0.3 is 19.4 Å². The SMILES string of the molecule is CCNC(=NCCc1cn2cccc(C)c2n1)N1CCCC(C(=O)OCC)C1. The second-order valence-corrected chi connectivity index (χ2v) is 7.18. The van der Waals surface area contributed by atoms with Crippen molar-refractivity contribution in [2.45, 2.75) is 40.0 Å². The van der Waals surface area contributed by atoms with Crippen molar-refractivity contribution in [1.82, 2.24) is 19.6 Å². The average molecular weight is 386 g/mol. The molecule has 2 aromatic heterocycles. The van der Waals surface area contributed by atoms with Gasteiger partial charge in [0.15, 0.2) is 5.96 Å². The van der Waals surface area contributed by atoms with Crippen LogP contribution < -0.4 is 5.32 Å². The first-order valence-electron chi connectivity index (χ1n) is 10.3. The first kappa shape index (κ1) is 20.2. The number of ether oxygens (including phenoxy) is 1. The number of nitrogens with one attached hydrogen (secondary N) is 1. The van der Waals surface area contributed by atoms with Crippen LogP contribution in [0.15, 0.2) is 29.5 Å². The molecule has 7 nitrogen and oxygen atoms in total. The number of rotatable bonds is 6. The zero-order valence-corrected chi connectivity index (χ0v) is 17.1. The van der Waals surface area contributed by atoms with E-state index in [1.54, 1.807) is 0 Å². The second-order valence-electron chi connectivity index (χ2n) is 7.18. The van der Waals surface area contributed by atoms with E-state index >= 15 is 0 Å². The Bertz CT molecular complexity index is 829. The minimum Gasteiger partial charge on any atom is -0.466 e. The van der Waals surface area contributed by atoms with E-state index in [1.807, 2.05) is 19.2 Å². The molecule has 0 aliphatic carbocycles. The molecule has 28 heavy (non-hydrogen) atoms. The van der Waals surface area contributed by atoms with Crippen molar-refractivity contribution in [3.05, 3.63) is 35.8 Å². The summed E-state index contributed by atoms with van der Waals surface area (Å²) in [6, 6.07) is 4.11. The summed E-state index contributed by atoms with van der Waals surface area (Å²) in [6.45, 7) is 9.45. The van der Waals surface area contributed by atoms with Crippen LogP contribution in [0, 0.1) is 12.8 Å². The Kier molecular flexibility index (Phi) is 6.90. The minimum atomic E-state index is -0.0943. The summed E-state index contributed by atoms with van der Waals surface area (Å²) < 4.78 is 7.27. The van der Waals surface area contributed by atoms with E-state index in [1.165, 1.54) is 5.56 Å². The van der Waals surface area contributed by atoms with Gasteiger partial charge in [0, 0.05) is 45.0 Å². The monoisotopic (exact) mass is 385 g/mol. The largest absolute Gasteiger partial charge is 0.466 e. The highest BCUT2D eigenvalue weighted by molar-refractivity contribution is 5.81. The number of carbonyl (C=O) groups is 1. The molecule has 0 bridgehead atoms. The second kappa shape index (κ2) is 9.57. The quantitative estimate of drug-likeness (QED) is 0.470. The molecule has 1 fully saturated rings. The number of hydrogen-bond donors (Lipinski definition) is 1. The molecular weight excluding hydrogens is 354 g/mol. The Morgan fingerprint density at radius 1 is 1.43 bits per heavy atom. The predicted octanol–water partition coefficient (Wildman–Crippen LogP) is 2.43. The maximum Gasteiger partial charge on any atom is 0.310 e. The number of imidazole rings is 1. The van der Waals surface area contributed by atoms with Crippen molar-refractivity contribution in [2.75, 3.05) is 32.8 Å². The molecule has 0 amide bonds. The summed E-state index contributed by atoms with van der Waals surface area (Å²) in [5.74, 6) is 0.707. The molecule has 1 unspecified atom stereocenters. The van der Waals surface area contributed by atoms with Crippen LogP contribution in [-0.4, -0.2) is 59.0 Å². The summed E-state index contributed by atoms with van der Waals surface area (Å²) in [6.07, 6.45) is 6.73. The molecule has 7 heteroatoms. The van der Waals surface area contributed by atoms with Gasteiger partial charge >= 0.3 is 5.97 Å². The van der Waals surface area contributed by atoms with E-state index in [4.69, 9.17) is 14.7 Å². The third kappa shape index (κ3) is 4.82. The Labute approximate surface area is 166 Å². The number of piperidine rings is 1. The summed E-state index contributed by atoms with van der Waals surface area (Å²) >= 11 is 0. The number of guanidine groups is 1. The van der Waals surface area contributed by atoms with Crippen molar-refractivity contribution in [2.24, 2.45) is 10.9 Å².